The van der Waals surface area contributed by atoms with Crippen LogP contribution in [0.25, 0.3) is 11.0 Å². The number of carbonyl (C=O) groups excluding carboxylic acids is 1. The zero-order chi connectivity index (χ0) is 20.1. The molecule has 1 amide bonds. The SMILES string of the molecule is CCOc1ccc(N(CCC#N)C(=O)Cc2coc3c(C)c(C)ccc23)cc1. The molecule has 1 heterocycles. The first-order valence-electron chi connectivity index (χ1n) is 9.41. The second-order valence-corrected chi connectivity index (χ2v) is 6.70. The summed E-state index contributed by atoms with van der Waals surface area (Å²) in [6, 6.07) is 13.5. The number of anilines is 1. The van der Waals surface area contributed by atoms with Crippen LogP contribution in [0.15, 0.2) is 47.1 Å². The van der Waals surface area contributed by atoms with E-state index in [2.05, 4.69) is 6.07 Å². The molecule has 0 bridgehead atoms. The van der Waals surface area contributed by atoms with Crippen molar-refractivity contribution in [1.82, 2.24) is 0 Å². The van der Waals surface area contributed by atoms with Crippen LogP contribution in [0.1, 0.15) is 30.0 Å². The lowest BCUT2D eigenvalue weighted by atomic mass is 10.0. The van der Waals surface area contributed by atoms with E-state index in [0.29, 0.717) is 13.2 Å². The maximum absolute atomic E-state index is 13.1. The Kier molecular flexibility index (Phi) is 6.00. The number of rotatable bonds is 7. The predicted molar refractivity (Wildman–Crippen MR) is 110 cm³/mol. The van der Waals surface area contributed by atoms with Crippen molar-refractivity contribution in [3.8, 4) is 11.8 Å². The van der Waals surface area contributed by atoms with Gasteiger partial charge in [-0.05, 0) is 56.2 Å². The first kappa shape index (κ1) is 19.5. The molecule has 0 unspecified atom stereocenters. The predicted octanol–water partition coefficient (Wildman–Crippen LogP) is 4.94. The van der Waals surface area contributed by atoms with E-state index in [0.717, 1.165) is 39.1 Å². The second-order valence-electron chi connectivity index (χ2n) is 6.70. The molecule has 3 rings (SSSR count). The molecule has 28 heavy (non-hydrogen) atoms. The molecule has 2 aromatic carbocycles. The number of fused-ring (bicyclic) bond motifs is 1. The number of ether oxygens (including phenoxy) is 1. The van der Waals surface area contributed by atoms with Crippen LogP contribution in [-0.4, -0.2) is 19.1 Å². The number of nitriles is 1. The summed E-state index contributed by atoms with van der Waals surface area (Å²) in [6.07, 6.45) is 2.15. The van der Waals surface area contributed by atoms with Gasteiger partial charge in [-0.25, -0.2) is 0 Å². The van der Waals surface area contributed by atoms with Gasteiger partial charge in [0.1, 0.15) is 11.3 Å². The highest BCUT2D eigenvalue weighted by Crippen LogP contribution is 2.28. The molecular weight excluding hydrogens is 352 g/mol. The molecule has 0 aliphatic heterocycles. The number of carbonyl (C=O) groups is 1. The highest BCUT2D eigenvalue weighted by atomic mass is 16.5. The maximum atomic E-state index is 13.1. The number of hydrogen-bond donors (Lipinski definition) is 0. The minimum Gasteiger partial charge on any atom is -0.494 e. The molecule has 5 nitrogen and oxygen atoms in total. The smallest absolute Gasteiger partial charge is 0.231 e. The fourth-order valence-corrected chi connectivity index (χ4v) is 3.23. The molecule has 0 saturated heterocycles. The maximum Gasteiger partial charge on any atom is 0.231 e. The highest BCUT2D eigenvalue weighted by Gasteiger charge is 2.19. The summed E-state index contributed by atoms with van der Waals surface area (Å²) in [5, 5.41) is 9.95. The Labute approximate surface area is 165 Å². The monoisotopic (exact) mass is 376 g/mol. The Morgan fingerprint density at radius 1 is 1.18 bits per heavy atom. The number of furan rings is 1. The van der Waals surface area contributed by atoms with E-state index in [1.165, 1.54) is 0 Å². The summed E-state index contributed by atoms with van der Waals surface area (Å²) >= 11 is 0. The first-order chi connectivity index (χ1) is 13.5. The fraction of sp³-hybridized carbons (Fsp3) is 0.304. The third-order valence-corrected chi connectivity index (χ3v) is 4.89. The molecule has 0 aliphatic rings. The van der Waals surface area contributed by atoms with Crippen LogP contribution >= 0.6 is 0 Å². The summed E-state index contributed by atoms with van der Waals surface area (Å²) in [7, 11) is 0. The van der Waals surface area contributed by atoms with Gasteiger partial charge in [0.2, 0.25) is 5.91 Å². The van der Waals surface area contributed by atoms with E-state index >= 15 is 0 Å². The van der Waals surface area contributed by atoms with Crippen LogP contribution in [0.3, 0.4) is 0 Å². The summed E-state index contributed by atoms with van der Waals surface area (Å²) in [5.74, 6) is 0.686. The first-order valence-corrected chi connectivity index (χ1v) is 9.41. The van der Waals surface area contributed by atoms with Gasteiger partial charge in [0.15, 0.2) is 0 Å². The van der Waals surface area contributed by atoms with Gasteiger partial charge in [0, 0.05) is 23.2 Å². The van der Waals surface area contributed by atoms with Crippen molar-refractivity contribution in [2.75, 3.05) is 18.1 Å². The molecule has 0 N–H and O–H groups in total. The van der Waals surface area contributed by atoms with E-state index in [9.17, 15) is 4.79 Å². The minimum atomic E-state index is -0.0691. The zero-order valence-corrected chi connectivity index (χ0v) is 16.5. The van der Waals surface area contributed by atoms with Crippen molar-refractivity contribution in [3.05, 3.63) is 59.4 Å². The van der Waals surface area contributed by atoms with Crippen LogP contribution in [-0.2, 0) is 11.2 Å². The van der Waals surface area contributed by atoms with Crippen molar-refractivity contribution in [2.24, 2.45) is 0 Å². The number of aryl methyl sites for hydroxylation is 2. The van der Waals surface area contributed by atoms with E-state index in [1.807, 2.05) is 57.2 Å². The third kappa shape index (κ3) is 4.01. The van der Waals surface area contributed by atoms with Gasteiger partial charge in [-0.3, -0.25) is 4.79 Å². The summed E-state index contributed by atoms with van der Waals surface area (Å²) in [6.45, 7) is 6.92. The fourth-order valence-electron chi connectivity index (χ4n) is 3.23. The van der Waals surface area contributed by atoms with E-state index in [4.69, 9.17) is 14.4 Å². The van der Waals surface area contributed by atoms with Crippen LogP contribution < -0.4 is 9.64 Å². The Balaban J connectivity index is 1.86. The Morgan fingerprint density at radius 2 is 1.93 bits per heavy atom. The molecule has 0 fully saturated rings. The van der Waals surface area contributed by atoms with Crippen molar-refractivity contribution in [1.29, 1.82) is 5.26 Å². The average molecular weight is 376 g/mol. The van der Waals surface area contributed by atoms with Gasteiger partial charge in [-0.2, -0.15) is 5.26 Å². The van der Waals surface area contributed by atoms with Gasteiger partial charge in [0.05, 0.1) is 31.8 Å². The highest BCUT2D eigenvalue weighted by molar-refractivity contribution is 5.97. The number of benzene rings is 2. The van der Waals surface area contributed by atoms with E-state index < -0.39 is 0 Å². The summed E-state index contributed by atoms with van der Waals surface area (Å²) in [4.78, 5) is 14.7. The van der Waals surface area contributed by atoms with Gasteiger partial charge in [-0.1, -0.05) is 12.1 Å². The van der Waals surface area contributed by atoms with Crippen molar-refractivity contribution >= 4 is 22.6 Å². The van der Waals surface area contributed by atoms with E-state index in [1.54, 1.807) is 11.2 Å². The minimum absolute atomic E-state index is 0.0691. The molecule has 5 heteroatoms. The molecule has 0 atom stereocenters. The number of nitrogens with zero attached hydrogens (tertiary/aromatic N) is 2. The van der Waals surface area contributed by atoms with Gasteiger partial charge < -0.3 is 14.1 Å². The Morgan fingerprint density at radius 3 is 2.61 bits per heavy atom. The molecule has 0 spiro atoms. The molecule has 3 aromatic rings. The molecule has 144 valence electrons. The van der Waals surface area contributed by atoms with Crippen LogP contribution in [0, 0.1) is 25.2 Å². The number of amides is 1. The molecule has 1 aromatic heterocycles. The second kappa shape index (κ2) is 8.62. The number of hydrogen-bond acceptors (Lipinski definition) is 4. The third-order valence-electron chi connectivity index (χ3n) is 4.89. The van der Waals surface area contributed by atoms with Crippen LogP contribution in [0.5, 0.6) is 5.75 Å². The van der Waals surface area contributed by atoms with Gasteiger partial charge in [0.25, 0.3) is 0 Å². The quantitative estimate of drug-likeness (QED) is 0.586. The standard InChI is InChI=1S/C23H24N2O3/c1-4-27-20-9-7-19(8-10-20)25(13-5-12-24)22(26)14-18-15-28-23-17(3)16(2)6-11-21(18)23/h6-11,15H,4-5,13-14H2,1-3H3. The lowest BCUT2D eigenvalue weighted by Crippen LogP contribution is -2.33. The Hall–Kier alpha value is -3.26. The molecule has 0 radical (unpaired) electrons. The average Bonchev–Trinajstić information content (AvgIpc) is 3.10. The largest absolute Gasteiger partial charge is 0.494 e. The topological polar surface area (TPSA) is 66.5 Å². The molecule has 0 saturated carbocycles. The molecular formula is C23H24N2O3. The normalized spacial score (nSPS) is 10.6. The lowest BCUT2D eigenvalue weighted by molar-refractivity contribution is -0.118. The van der Waals surface area contributed by atoms with Crippen molar-refractivity contribution in [2.45, 2.75) is 33.6 Å². The van der Waals surface area contributed by atoms with Gasteiger partial charge >= 0.3 is 0 Å². The summed E-state index contributed by atoms with van der Waals surface area (Å²) < 4.78 is 11.2. The van der Waals surface area contributed by atoms with Crippen molar-refractivity contribution in [3.63, 3.8) is 0 Å². The van der Waals surface area contributed by atoms with Gasteiger partial charge in [-0.15, -0.1) is 0 Å². The van der Waals surface area contributed by atoms with E-state index in [-0.39, 0.29) is 18.7 Å². The zero-order valence-electron chi connectivity index (χ0n) is 16.5. The Bertz CT molecular complexity index is 1010. The summed E-state index contributed by atoms with van der Waals surface area (Å²) in [5.41, 5.74) is 4.68. The van der Waals surface area contributed by atoms with Crippen LogP contribution in [0.4, 0.5) is 5.69 Å². The van der Waals surface area contributed by atoms with Crippen molar-refractivity contribution < 1.29 is 13.9 Å². The van der Waals surface area contributed by atoms with Crippen LogP contribution in [0.2, 0.25) is 0 Å². The lowest BCUT2D eigenvalue weighted by Gasteiger charge is -2.22. The molecule has 0 aliphatic carbocycles.